The molecule has 0 amide bonds. The van der Waals surface area contributed by atoms with Crippen LogP contribution in [0, 0.1) is 13.8 Å². The fourth-order valence-corrected chi connectivity index (χ4v) is 2.85. The molecule has 1 aromatic carbocycles. The molecule has 86 valence electrons. The monoisotopic (exact) mass is 280 g/mol. The Labute approximate surface area is 105 Å². The van der Waals surface area contributed by atoms with Crippen molar-refractivity contribution >= 4 is 26.8 Å². The highest BCUT2D eigenvalue weighted by Gasteiger charge is 2.15. The van der Waals surface area contributed by atoms with Crippen molar-refractivity contribution in [2.45, 2.75) is 26.8 Å². The van der Waals surface area contributed by atoms with Gasteiger partial charge in [0, 0.05) is 27.1 Å². The van der Waals surface area contributed by atoms with Gasteiger partial charge in [-0.15, -0.1) is 0 Å². The Morgan fingerprint density at radius 2 is 2.00 bits per heavy atom. The largest absolute Gasteiger partial charge is 0.358 e. The first-order valence-corrected chi connectivity index (χ1v) is 6.29. The molecule has 0 aliphatic carbocycles. The van der Waals surface area contributed by atoms with Gasteiger partial charge in [-0.1, -0.05) is 15.9 Å². The zero-order valence-electron chi connectivity index (χ0n) is 10.1. The number of fused-ring (bicyclic) bond motifs is 1. The van der Waals surface area contributed by atoms with E-state index < -0.39 is 0 Å². The molecule has 0 saturated heterocycles. The van der Waals surface area contributed by atoms with E-state index in [4.69, 9.17) is 0 Å². The van der Waals surface area contributed by atoms with Crippen molar-refractivity contribution in [1.82, 2.24) is 10.3 Å². The zero-order chi connectivity index (χ0) is 11.9. The van der Waals surface area contributed by atoms with Crippen molar-refractivity contribution in [3.05, 3.63) is 33.4 Å². The van der Waals surface area contributed by atoms with Crippen LogP contribution in [-0.2, 0) is 0 Å². The lowest BCUT2D eigenvalue weighted by atomic mass is 10.0. The standard InChI is InChI=1S/C13H17BrN2/c1-7-5-10(14)6-11-12(8(2)15-4)9(3)16-13(7)11/h5-6,8,15-16H,1-4H3. The van der Waals surface area contributed by atoms with Gasteiger partial charge in [0.1, 0.15) is 0 Å². The molecule has 0 aliphatic rings. The molecule has 1 unspecified atom stereocenters. The highest BCUT2D eigenvalue weighted by Crippen LogP contribution is 2.31. The second kappa shape index (κ2) is 4.22. The number of halogens is 1. The lowest BCUT2D eigenvalue weighted by Crippen LogP contribution is -2.12. The second-order valence-electron chi connectivity index (χ2n) is 4.32. The van der Waals surface area contributed by atoms with Crippen LogP contribution in [0.15, 0.2) is 16.6 Å². The highest BCUT2D eigenvalue weighted by molar-refractivity contribution is 9.10. The van der Waals surface area contributed by atoms with Crippen LogP contribution in [0.1, 0.15) is 29.8 Å². The van der Waals surface area contributed by atoms with Gasteiger partial charge in [0.2, 0.25) is 0 Å². The van der Waals surface area contributed by atoms with Crippen LogP contribution >= 0.6 is 15.9 Å². The summed E-state index contributed by atoms with van der Waals surface area (Å²) in [5, 5.41) is 4.62. The number of benzene rings is 1. The van der Waals surface area contributed by atoms with E-state index in [1.807, 2.05) is 7.05 Å². The van der Waals surface area contributed by atoms with Crippen molar-refractivity contribution in [1.29, 1.82) is 0 Å². The third-order valence-electron chi connectivity index (χ3n) is 3.17. The molecule has 2 N–H and O–H groups in total. The van der Waals surface area contributed by atoms with Gasteiger partial charge in [-0.05, 0) is 51.1 Å². The fourth-order valence-electron chi connectivity index (χ4n) is 2.28. The molecule has 0 aliphatic heterocycles. The molecule has 0 fully saturated rings. The summed E-state index contributed by atoms with van der Waals surface area (Å²) in [7, 11) is 1.99. The number of H-pyrrole nitrogens is 1. The predicted octanol–water partition coefficient (Wildman–Crippen LogP) is 3.83. The van der Waals surface area contributed by atoms with E-state index in [-0.39, 0.29) is 0 Å². The van der Waals surface area contributed by atoms with Crippen LogP contribution in [0.3, 0.4) is 0 Å². The summed E-state index contributed by atoms with van der Waals surface area (Å²) in [5.41, 5.74) is 5.14. The van der Waals surface area contributed by atoms with Crippen molar-refractivity contribution in [2.24, 2.45) is 0 Å². The molecule has 0 bridgehead atoms. The summed E-state index contributed by atoms with van der Waals surface area (Å²) in [6, 6.07) is 4.70. The third kappa shape index (κ3) is 1.78. The molecule has 1 atom stereocenters. The quantitative estimate of drug-likeness (QED) is 0.860. The molecule has 2 aromatic rings. The molecule has 0 saturated carbocycles. The molecular formula is C13H17BrN2. The Hall–Kier alpha value is -0.800. The SMILES string of the molecule is CNC(C)c1c(C)[nH]c2c(C)cc(Br)cc12. The van der Waals surface area contributed by atoms with Crippen LogP contribution < -0.4 is 5.32 Å². The molecule has 16 heavy (non-hydrogen) atoms. The summed E-state index contributed by atoms with van der Waals surface area (Å²) in [4.78, 5) is 3.48. The van der Waals surface area contributed by atoms with Crippen LogP contribution in [0.4, 0.5) is 0 Å². The molecule has 2 rings (SSSR count). The van der Waals surface area contributed by atoms with E-state index >= 15 is 0 Å². The van der Waals surface area contributed by atoms with Gasteiger partial charge in [-0.25, -0.2) is 0 Å². The Balaban J connectivity index is 2.78. The van der Waals surface area contributed by atoms with Gasteiger partial charge in [-0.2, -0.15) is 0 Å². The lowest BCUT2D eigenvalue weighted by Gasteiger charge is -2.11. The molecule has 3 heteroatoms. The molecule has 2 nitrogen and oxygen atoms in total. The maximum Gasteiger partial charge on any atom is 0.0489 e. The van der Waals surface area contributed by atoms with Crippen molar-refractivity contribution in [3.63, 3.8) is 0 Å². The van der Waals surface area contributed by atoms with Crippen molar-refractivity contribution < 1.29 is 0 Å². The summed E-state index contributed by atoms with van der Waals surface area (Å²) < 4.78 is 1.14. The van der Waals surface area contributed by atoms with Gasteiger partial charge < -0.3 is 10.3 Å². The summed E-state index contributed by atoms with van der Waals surface area (Å²) in [6.07, 6.45) is 0. The third-order valence-corrected chi connectivity index (χ3v) is 3.63. The average molecular weight is 281 g/mol. The van der Waals surface area contributed by atoms with Crippen LogP contribution in [0.2, 0.25) is 0 Å². The summed E-state index contributed by atoms with van der Waals surface area (Å²) in [6.45, 7) is 6.46. The van der Waals surface area contributed by atoms with Crippen LogP contribution in [-0.4, -0.2) is 12.0 Å². The summed E-state index contributed by atoms with van der Waals surface area (Å²) in [5.74, 6) is 0. The number of rotatable bonds is 2. The normalized spacial score (nSPS) is 13.3. The van der Waals surface area contributed by atoms with Crippen molar-refractivity contribution in [2.75, 3.05) is 7.05 Å². The number of aryl methyl sites for hydroxylation is 2. The first kappa shape index (κ1) is 11.7. The first-order valence-electron chi connectivity index (χ1n) is 5.50. The first-order chi connectivity index (χ1) is 7.54. The molecule has 0 spiro atoms. The number of aromatic amines is 1. The fraction of sp³-hybridized carbons (Fsp3) is 0.385. The molecular weight excluding hydrogens is 264 g/mol. The van der Waals surface area contributed by atoms with Crippen molar-refractivity contribution in [3.8, 4) is 0 Å². The van der Waals surface area contributed by atoms with E-state index in [9.17, 15) is 0 Å². The summed E-state index contributed by atoms with van der Waals surface area (Å²) >= 11 is 3.56. The molecule has 1 heterocycles. The second-order valence-corrected chi connectivity index (χ2v) is 5.23. The zero-order valence-corrected chi connectivity index (χ0v) is 11.7. The molecule has 0 radical (unpaired) electrons. The maximum absolute atomic E-state index is 3.56. The highest BCUT2D eigenvalue weighted by atomic mass is 79.9. The van der Waals surface area contributed by atoms with E-state index in [0.717, 1.165) is 4.47 Å². The van der Waals surface area contributed by atoms with Crippen LogP contribution in [0.25, 0.3) is 10.9 Å². The maximum atomic E-state index is 3.56. The smallest absolute Gasteiger partial charge is 0.0489 e. The van der Waals surface area contributed by atoms with Crippen LogP contribution in [0.5, 0.6) is 0 Å². The van der Waals surface area contributed by atoms with Gasteiger partial charge >= 0.3 is 0 Å². The van der Waals surface area contributed by atoms with E-state index in [1.165, 1.54) is 27.7 Å². The Bertz CT molecular complexity index is 528. The number of hydrogen-bond donors (Lipinski definition) is 2. The minimum atomic E-state index is 0.363. The number of aromatic nitrogens is 1. The average Bonchev–Trinajstić information content (AvgIpc) is 2.54. The van der Waals surface area contributed by atoms with Gasteiger partial charge in [-0.3, -0.25) is 0 Å². The van der Waals surface area contributed by atoms with Gasteiger partial charge in [0.05, 0.1) is 0 Å². The minimum absolute atomic E-state index is 0.363. The number of hydrogen-bond acceptors (Lipinski definition) is 1. The minimum Gasteiger partial charge on any atom is -0.358 e. The number of nitrogens with one attached hydrogen (secondary N) is 2. The Morgan fingerprint density at radius 3 is 2.62 bits per heavy atom. The van der Waals surface area contributed by atoms with E-state index in [2.05, 4.69) is 59.1 Å². The topological polar surface area (TPSA) is 27.8 Å². The predicted molar refractivity (Wildman–Crippen MR) is 72.9 cm³/mol. The Morgan fingerprint density at radius 1 is 1.31 bits per heavy atom. The lowest BCUT2D eigenvalue weighted by molar-refractivity contribution is 0.653. The molecule has 1 aromatic heterocycles. The Kier molecular flexibility index (Phi) is 3.08. The van der Waals surface area contributed by atoms with Gasteiger partial charge in [0.15, 0.2) is 0 Å². The van der Waals surface area contributed by atoms with E-state index in [1.54, 1.807) is 0 Å². The van der Waals surface area contributed by atoms with Gasteiger partial charge in [0.25, 0.3) is 0 Å². The van der Waals surface area contributed by atoms with E-state index in [0.29, 0.717) is 6.04 Å².